The molecule has 2 N–H and O–H groups in total. The Hall–Kier alpha value is -0.860. The van der Waals surface area contributed by atoms with Gasteiger partial charge in [-0.1, -0.05) is 37.6 Å². The molecule has 0 saturated heterocycles. The van der Waals surface area contributed by atoms with Crippen molar-refractivity contribution >= 4 is 0 Å². The summed E-state index contributed by atoms with van der Waals surface area (Å²) >= 11 is 0. The van der Waals surface area contributed by atoms with Gasteiger partial charge in [0.1, 0.15) is 0 Å². The van der Waals surface area contributed by atoms with Crippen molar-refractivity contribution in [3.63, 3.8) is 0 Å². The van der Waals surface area contributed by atoms with Crippen LogP contribution < -0.4 is 5.32 Å². The maximum absolute atomic E-state index is 8.74. The second kappa shape index (κ2) is 7.42. The van der Waals surface area contributed by atoms with Crippen molar-refractivity contribution in [2.45, 2.75) is 39.2 Å². The summed E-state index contributed by atoms with van der Waals surface area (Å²) in [6.45, 7) is 5.18. The van der Waals surface area contributed by atoms with Crippen LogP contribution in [-0.2, 0) is 6.42 Å². The molecular formula is C14H23NO. The summed E-state index contributed by atoms with van der Waals surface area (Å²) in [6.07, 6.45) is 3.68. The number of benzene rings is 1. The maximum Gasteiger partial charge on any atom is 0.0556 e. The van der Waals surface area contributed by atoms with Gasteiger partial charge >= 0.3 is 0 Å². The Morgan fingerprint density at radius 2 is 1.94 bits per heavy atom. The van der Waals surface area contributed by atoms with Gasteiger partial charge in [0.15, 0.2) is 0 Å². The van der Waals surface area contributed by atoms with Crippen LogP contribution in [-0.4, -0.2) is 18.3 Å². The Bertz CT molecular complexity index is 281. The molecule has 0 radical (unpaired) electrons. The molecular weight excluding hydrogens is 198 g/mol. The molecule has 16 heavy (non-hydrogen) atoms. The molecule has 1 aromatic rings. The maximum atomic E-state index is 8.74. The largest absolute Gasteiger partial charge is 0.395 e. The van der Waals surface area contributed by atoms with E-state index in [2.05, 4.69) is 43.4 Å². The highest BCUT2D eigenvalue weighted by Gasteiger charge is 2.03. The number of unbranched alkanes of at least 4 members (excludes halogenated alkanes) is 1. The molecule has 2 nitrogen and oxygen atoms in total. The van der Waals surface area contributed by atoms with Crippen molar-refractivity contribution in [3.05, 3.63) is 35.4 Å². The van der Waals surface area contributed by atoms with E-state index in [1.807, 2.05) is 0 Å². The minimum atomic E-state index is 0.193. The van der Waals surface area contributed by atoms with Gasteiger partial charge in [-0.05, 0) is 30.9 Å². The SMILES string of the molecule is CCCCc1ccc(C(C)NCCO)cc1. The minimum Gasteiger partial charge on any atom is -0.395 e. The lowest BCUT2D eigenvalue weighted by molar-refractivity contribution is 0.286. The quantitative estimate of drug-likeness (QED) is 0.742. The van der Waals surface area contributed by atoms with E-state index in [1.54, 1.807) is 0 Å². The first-order valence-electron chi connectivity index (χ1n) is 6.21. The summed E-state index contributed by atoms with van der Waals surface area (Å²) in [6, 6.07) is 9.09. The van der Waals surface area contributed by atoms with Gasteiger partial charge in [-0.15, -0.1) is 0 Å². The first-order valence-corrected chi connectivity index (χ1v) is 6.21. The second-order valence-electron chi connectivity index (χ2n) is 4.24. The third kappa shape index (κ3) is 4.33. The number of rotatable bonds is 7. The zero-order valence-corrected chi connectivity index (χ0v) is 10.4. The highest BCUT2D eigenvalue weighted by Crippen LogP contribution is 2.14. The molecule has 1 rings (SSSR count). The Labute approximate surface area is 98.7 Å². The van der Waals surface area contributed by atoms with E-state index in [4.69, 9.17) is 5.11 Å². The molecule has 0 aliphatic heterocycles. The molecule has 0 aliphatic carbocycles. The van der Waals surface area contributed by atoms with Crippen LogP contribution in [0.1, 0.15) is 43.9 Å². The van der Waals surface area contributed by atoms with E-state index in [0.29, 0.717) is 12.6 Å². The van der Waals surface area contributed by atoms with Gasteiger partial charge in [0.2, 0.25) is 0 Å². The van der Waals surface area contributed by atoms with Gasteiger partial charge in [-0.25, -0.2) is 0 Å². The van der Waals surface area contributed by atoms with E-state index in [0.717, 1.165) is 0 Å². The molecule has 0 heterocycles. The molecule has 1 unspecified atom stereocenters. The number of aliphatic hydroxyl groups is 1. The molecule has 0 aliphatic rings. The van der Waals surface area contributed by atoms with Crippen LogP contribution in [0, 0.1) is 0 Å². The van der Waals surface area contributed by atoms with Gasteiger partial charge in [-0.3, -0.25) is 0 Å². The topological polar surface area (TPSA) is 32.3 Å². The summed E-state index contributed by atoms with van der Waals surface area (Å²) in [4.78, 5) is 0. The van der Waals surface area contributed by atoms with Gasteiger partial charge in [0, 0.05) is 12.6 Å². The predicted octanol–water partition coefficient (Wildman–Crippen LogP) is 2.67. The molecule has 1 aromatic carbocycles. The summed E-state index contributed by atoms with van der Waals surface area (Å²) < 4.78 is 0. The fourth-order valence-corrected chi connectivity index (χ4v) is 1.75. The first kappa shape index (κ1) is 13.2. The second-order valence-corrected chi connectivity index (χ2v) is 4.24. The van der Waals surface area contributed by atoms with E-state index < -0.39 is 0 Å². The van der Waals surface area contributed by atoms with Crippen LogP contribution in [0.25, 0.3) is 0 Å². The molecule has 0 fully saturated rings. The van der Waals surface area contributed by atoms with Crippen LogP contribution in [0.5, 0.6) is 0 Å². The number of hydrogen-bond acceptors (Lipinski definition) is 2. The zero-order valence-electron chi connectivity index (χ0n) is 10.4. The molecule has 0 bridgehead atoms. The van der Waals surface area contributed by atoms with Gasteiger partial charge in [-0.2, -0.15) is 0 Å². The first-order chi connectivity index (χ1) is 7.77. The van der Waals surface area contributed by atoms with E-state index in [-0.39, 0.29) is 6.61 Å². The van der Waals surface area contributed by atoms with E-state index in [1.165, 1.54) is 30.4 Å². The van der Waals surface area contributed by atoms with Crippen molar-refractivity contribution in [1.29, 1.82) is 0 Å². The highest BCUT2D eigenvalue weighted by molar-refractivity contribution is 5.24. The van der Waals surface area contributed by atoms with Crippen LogP contribution in [0.2, 0.25) is 0 Å². The summed E-state index contributed by atoms with van der Waals surface area (Å²) in [5, 5.41) is 12.0. The summed E-state index contributed by atoms with van der Waals surface area (Å²) in [5.74, 6) is 0. The van der Waals surface area contributed by atoms with Crippen molar-refractivity contribution < 1.29 is 5.11 Å². The fourth-order valence-electron chi connectivity index (χ4n) is 1.75. The minimum absolute atomic E-state index is 0.193. The van der Waals surface area contributed by atoms with E-state index in [9.17, 15) is 0 Å². The predicted molar refractivity (Wildman–Crippen MR) is 68.6 cm³/mol. The molecule has 90 valence electrons. The third-order valence-corrected chi connectivity index (χ3v) is 2.86. The van der Waals surface area contributed by atoms with Crippen LogP contribution in [0.15, 0.2) is 24.3 Å². The highest BCUT2D eigenvalue weighted by atomic mass is 16.3. The lowest BCUT2D eigenvalue weighted by Crippen LogP contribution is -2.21. The van der Waals surface area contributed by atoms with Crippen molar-refractivity contribution in [2.75, 3.05) is 13.2 Å². The Morgan fingerprint density at radius 1 is 1.25 bits per heavy atom. The Morgan fingerprint density at radius 3 is 2.50 bits per heavy atom. The number of aryl methyl sites for hydroxylation is 1. The van der Waals surface area contributed by atoms with Gasteiger partial charge < -0.3 is 10.4 Å². The normalized spacial score (nSPS) is 12.7. The Balaban J connectivity index is 2.49. The summed E-state index contributed by atoms with van der Waals surface area (Å²) in [5.41, 5.74) is 2.70. The molecule has 0 saturated carbocycles. The summed E-state index contributed by atoms with van der Waals surface area (Å²) in [7, 11) is 0. The molecule has 0 amide bonds. The lowest BCUT2D eigenvalue weighted by Gasteiger charge is -2.13. The van der Waals surface area contributed by atoms with Crippen LogP contribution in [0.3, 0.4) is 0 Å². The fraction of sp³-hybridized carbons (Fsp3) is 0.571. The van der Waals surface area contributed by atoms with Crippen molar-refractivity contribution in [1.82, 2.24) is 5.32 Å². The van der Waals surface area contributed by atoms with Gasteiger partial charge in [0.05, 0.1) is 6.61 Å². The van der Waals surface area contributed by atoms with Gasteiger partial charge in [0.25, 0.3) is 0 Å². The molecule has 0 spiro atoms. The zero-order chi connectivity index (χ0) is 11.8. The average molecular weight is 221 g/mol. The standard InChI is InChI=1S/C14H23NO/c1-3-4-5-13-6-8-14(9-7-13)12(2)15-10-11-16/h6-9,12,15-16H,3-5,10-11H2,1-2H3. The number of aliphatic hydroxyl groups excluding tert-OH is 1. The van der Waals surface area contributed by atoms with Crippen LogP contribution >= 0.6 is 0 Å². The Kier molecular flexibility index (Phi) is 6.12. The smallest absolute Gasteiger partial charge is 0.0556 e. The average Bonchev–Trinajstić information content (AvgIpc) is 2.34. The van der Waals surface area contributed by atoms with E-state index >= 15 is 0 Å². The molecule has 1 atom stereocenters. The lowest BCUT2D eigenvalue weighted by atomic mass is 10.0. The third-order valence-electron chi connectivity index (χ3n) is 2.86. The monoisotopic (exact) mass is 221 g/mol. The van der Waals surface area contributed by atoms with Crippen molar-refractivity contribution in [2.24, 2.45) is 0 Å². The van der Waals surface area contributed by atoms with Crippen molar-refractivity contribution in [3.8, 4) is 0 Å². The number of nitrogens with one attached hydrogen (secondary N) is 1. The molecule has 0 aromatic heterocycles. The molecule has 2 heteroatoms. The number of hydrogen-bond donors (Lipinski definition) is 2. The van der Waals surface area contributed by atoms with Crippen LogP contribution in [0.4, 0.5) is 0 Å².